The number of nitrogens with zero attached hydrogens (tertiary/aromatic N) is 5. The number of carbonyl (C=O) groups is 2. The van der Waals surface area contributed by atoms with Gasteiger partial charge in [-0.15, -0.1) is 0 Å². The number of benzene rings is 1. The van der Waals surface area contributed by atoms with Gasteiger partial charge in [0.2, 0.25) is 6.04 Å². The first-order chi connectivity index (χ1) is 26.8. The summed E-state index contributed by atoms with van der Waals surface area (Å²) >= 11 is 0. The fourth-order valence-electron chi connectivity index (χ4n) is 6.13. The molecule has 5 rings (SSSR count). The minimum Gasteiger partial charge on any atom is -0.464 e. The largest absolute Gasteiger partial charge is 0.464 e. The molecule has 3 aromatic heterocycles. The number of allylic oxidation sites excluding steroid dienone is 2. The number of hydrogen-bond acceptors (Lipinski definition) is 14. The second-order valence-electron chi connectivity index (χ2n) is 12.6. The molecule has 1 aliphatic rings. The molecule has 0 spiro atoms. The zero-order valence-corrected chi connectivity index (χ0v) is 31.9. The molecule has 0 fully saturated rings. The van der Waals surface area contributed by atoms with Crippen LogP contribution in [0.25, 0.3) is 33.9 Å². The maximum absolute atomic E-state index is 13.6. The standard InChI is InChI=1S/C41H50N6O8/c1-6-50-40(48)39(41(49)51-7-2)47-23-22-46(33(26-54-52-8-3)27-55-53-9-4)24-31-12-10-14-34(43-31)28(5)16-17-29-18-19-30-20-21-36(45-38(30)37(29)42)35-15-11-13-32(25-47)44-35/h10-21,33,39H,5-9,22-27,42H2,1-4H3/b17-16-. The van der Waals surface area contributed by atoms with Crippen molar-refractivity contribution in [1.29, 1.82) is 0 Å². The number of aromatic nitrogens is 3. The third-order valence-corrected chi connectivity index (χ3v) is 8.83. The van der Waals surface area contributed by atoms with Crippen molar-refractivity contribution in [3.8, 4) is 11.4 Å². The van der Waals surface area contributed by atoms with Crippen molar-refractivity contribution < 1.29 is 38.6 Å². The van der Waals surface area contributed by atoms with Gasteiger partial charge in [-0.05, 0) is 69.2 Å². The van der Waals surface area contributed by atoms with E-state index in [1.165, 1.54) is 0 Å². The van der Waals surface area contributed by atoms with Crippen molar-refractivity contribution in [2.24, 2.45) is 0 Å². The van der Waals surface area contributed by atoms with Crippen LogP contribution in [-0.2, 0) is 51.7 Å². The number of anilines is 1. The van der Waals surface area contributed by atoms with E-state index >= 15 is 0 Å². The number of nitrogens with two attached hydrogens (primary N) is 1. The van der Waals surface area contributed by atoms with Crippen molar-refractivity contribution in [2.75, 3.05) is 58.5 Å². The summed E-state index contributed by atoms with van der Waals surface area (Å²) in [4.78, 5) is 67.5. The Morgan fingerprint density at radius 2 is 1.25 bits per heavy atom. The van der Waals surface area contributed by atoms with Crippen LogP contribution in [0.4, 0.5) is 5.69 Å². The Labute approximate surface area is 321 Å². The van der Waals surface area contributed by atoms with Gasteiger partial charge in [-0.2, -0.15) is 0 Å². The van der Waals surface area contributed by atoms with Crippen LogP contribution in [0.15, 0.2) is 73.3 Å². The number of carbonyl (C=O) groups excluding carboxylic acids is 2. The van der Waals surface area contributed by atoms with E-state index in [-0.39, 0.29) is 39.5 Å². The molecule has 0 aliphatic carbocycles. The Morgan fingerprint density at radius 1 is 0.691 bits per heavy atom. The van der Waals surface area contributed by atoms with Gasteiger partial charge >= 0.3 is 11.9 Å². The molecular weight excluding hydrogens is 704 g/mol. The molecule has 2 N–H and O–H groups in total. The van der Waals surface area contributed by atoms with Crippen LogP contribution in [0, 0.1) is 0 Å². The molecule has 0 atom stereocenters. The first-order valence-electron chi connectivity index (χ1n) is 18.5. The highest BCUT2D eigenvalue weighted by molar-refractivity contribution is 5.99. The van der Waals surface area contributed by atoms with Crippen LogP contribution >= 0.6 is 0 Å². The minimum atomic E-state index is -1.38. The zero-order chi connectivity index (χ0) is 39.2. The second kappa shape index (κ2) is 20.6. The molecule has 1 aliphatic heterocycles. The summed E-state index contributed by atoms with van der Waals surface area (Å²) in [6.07, 6.45) is 3.79. The quantitative estimate of drug-likeness (QED) is 0.0434. The lowest BCUT2D eigenvalue weighted by molar-refractivity contribution is -0.324. The van der Waals surface area contributed by atoms with Gasteiger partial charge in [-0.1, -0.05) is 49.1 Å². The number of fused-ring (bicyclic) bond motifs is 7. The van der Waals surface area contributed by atoms with Crippen LogP contribution in [0.1, 0.15) is 50.3 Å². The van der Waals surface area contributed by atoms with Gasteiger partial charge in [0.15, 0.2) is 0 Å². The molecule has 7 bridgehead atoms. The molecule has 0 unspecified atom stereocenters. The molecule has 0 saturated heterocycles. The van der Waals surface area contributed by atoms with E-state index in [4.69, 9.17) is 49.7 Å². The van der Waals surface area contributed by atoms with Crippen molar-refractivity contribution >= 4 is 40.2 Å². The fourth-order valence-corrected chi connectivity index (χ4v) is 6.13. The molecule has 292 valence electrons. The van der Waals surface area contributed by atoms with Gasteiger partial charge in [0.1, 0.15) is 13.2 Å². The first kappa shape index (κ1) is 41.1. The van der Waals surface area contributed by atoms with Crippen molar-refractivity contribution in [2.45, 2.75) is 52.9 Å². The SMILES string of the molecule is C=C1/C=C\c2ccc3ccc(nc3c2N)-c2cccc(n2)CN(C(C(=O)OCC)C(=O)OCC)CCN(C(COOCC)COOCC)Cc2cccc1n2. The molecule has 14 heteroatoms. The summed E-state index contributed by atoms with van der Waals surface area (Å²) in [7, 11) is 0. The van der Waals surface area contributed by atoms with Crippen LogP contribution in [0.2, 0.25) is 0 Å². The summed E-state index contributed by atoms with van der Waals surface area (Å²) in [6.45, 7) is 13.3. The molecule has 1 aromatic carbocycles. The van der Waals surface area contributed by atoms with Gasteiger partial charge in [0, 0.05) is 31.6 Å². The number of nitrogen functional groups attached to an aromatic ring is 1. The predicted octanol–water partition coefficient (Wildman–Crippen LogP) is 5.42. The van der Waals surface area contributed by atoms with E-state index in [2.05, 4.69) is 11.5 Å². The molecule has 0 radical (unpaired) electrons. The summed E-state index contributed by atoms with van der Waals surface area (Å²) in [5.74, 6) is -1.45. The third kappa shape index (κ3) is 11.0. The lowest BCUT2D eigenvalue weighted by atomic mass is 10.1. The Kier molecular flexibility index (Phi) is 15.4. The number of esters is 2. The predicted molar refractivity (Wildman–Crippen MR) is 209 cm³/mol. The van der Waals surface area contributed by atoms with E-state index in [1.54, 1.807) is 18.7 Å². The average Bonchev–Trinajstić information content (AvgIpc) is 3.18. The van der Waals surface area contributed by atoms with Gasteiger partial charge in [-0.3, -0.25) is 14.8 Å². The highest BCUT2D eigenvalue weighted by atomic mass is 17.2. The summed E-state index contributed by atoms with van der Waals surface area (Å²) in [6, 6.07) is 17.3. The molecular formula is C41H50N6O8. The Bertz CT molecular complexity index is 1930. The zero-order valence-electron chi connectivity index (χ0n) is 31.9. The molecule has 4 heterocycles. The molecule has 4 aromatic rings. The van der Waals surface area contributed by atoms with Gasteiger partial charge in [-0.25, -0.2) is 39.1 Å². The third-order valence-electron chi connectivity index (χ3n) is 8.83. The summed E-state index contributed by atoms with van der Waals surface area (Å²) in [5, 5.41) is 0.879. The monoisotopic (exact) mass is 754 g/mol. The molecule has 55 heavy (non-hydrogen) atoms. The van der Waals surface area contributed by atoms with Crippen molar-refractivity contribution in [3.05, 3.63) is 96.0 Å². The summed E-state index contributed by atoms with van der Waals surface area (Å²) < 4.78 is 10.9. The van der Waals surface area contributed by atoms with Crippen LogP contribution < -0.4 is 5.73 Å². The lowest BCUT2D eigenvalue weighted by Gasteiger charge is -2.34. The van der Waals surface area contributed by atoms with Crippen LogP contribution in [0.3, 0.4) is 0 Å². The van der Waals surface area contributed by atoms with Crippen LogP contribution in [0.5, 0.6) is 0 Å². The number of hydrogen-bond donors (Lipinski definition) is 1. The molecule has 0 saturated carbocycles. The van der Waals surface area contributed by atoms with Gasteiger partial charge in [0.25, 0.3) is 0 Å². The lowest BCUT2D eigenvalue weighted by Crippen LogP contribution is -2.52. The highest BCUT2D eigenvalue weighted by Gasteiger charge is 2.37. The minimum absolute atomic E-state index is 0.0784. The topological polar surface area (TPSA) is 161 Å². The van der Waals surface area contributed by atoms with Crippen molar-refractivity contribution in [3.63, 3.8) is 0 Å². The number of pyridine rings is 3. The van der Waals surface area contributed by atoms with Gasteiger partial charge in [0.05, 0.1) is 72.1 Å². The molecule has 0 amide bonds. The highest BCUT2D eigenvalue weighted by Crippen LogP contribution is 2.28. The van der Waals surface area contributed by atoms with E-state index in [0.717, 1.165) is 16.6 Å². The van der Waals surface area contributed by atoms with Gasteiger partial charge < -0.3 is 15.2 Å². The maximum Gasteiger partial charge on any atom is 0.335 e. The Balaban J connectivity index is 1.65. The maximum atomic E-state index is 13.6. The van der Waals surface area contributed by atoms with E-state index in [0.29, 0.717) is 65.9 Å². The average molecular weight is 755 g/mol. The molecule has 14 nitrogen and oxygen atoms in total. The van der Waals surface area contributed by atoms with E-state index < -0.39 is 24.0 Å². The fraction of sp³-hybridized carbons (Fsp3) is 0.390. The second-order valence-corrected chi connectivity index (χ2v) is 12.6. The van der Waals surface area contributed by atoms with Crippen LogP contribution in [-0.4, -0.2) is 102 Å². The normalized spacial score (nSPS) is 14.8. The number of ether oxygens (including phenoxy) is 2. The van der Waals surface area contributed by atoms with E-state index in [1.807, 2.05) is 86.7 Å². The summed E-state index contributed by atoms with van der Waals surface area (Å²) in [5.41, 5.74) is 12.5. The van der Waals surface area contributed by atoms with E-state index in [9.17, 15) is 9.59 Å². The smallest absolute Gasteiger partial charge is 0.335 e. The number of rotatable bonds is 14. The van der Waals surface area contributed by atoms with Crippen molar-refractivity contribution in [1.82, 2.24) is 24.8 Å². The Morgan fingerprint density at radius 3 is 1.89 bits per heavy atom. The first-order valence-corrected chi connectivity index (χ1v) is 18.5. The Hall–Kier alpha value is -5.09.